The summed E-state index contributed by atoms with van der Waals surface area (Å²) in [5, 5.41) is 1.49. The van der Waals surface area contributed by atoms with Crippen LogP contribution in [-0.2, 0) is 7.05 Å². The lowest BCUT2D eigenvalue weighted by atomic mass is 10.1. The molecule has 0 saturated carbocycles. The van der Waals surface area contributed by atoms with Crippen molar-refractivity contribution in [2.45, 2.75) is 0 Å². The van der Waals surface area contributed by atoms with E-state index in [0.717, 1.165) is 26.9 Å². The minimum Gasteiger partial charge on any atom is -0.201 e. The molecule has 0 N–H and O–H groups in total. The molecule has 4 aromatic rings. The van der Waals surface area contributed by atoms with Crippen molar-refractivity contribution >= 4 is 34.5 Å². The van der Waals surface area contributed by atoms with Gasteiger partial charge < -0.3 is 0 Å². The fourth-order valence-electron chi connectivity index (χ4n) is 2.99. The van der Waals surface area contributed by atoms with E-state index in [4.69, 9.17) is 23.2 Å². The van der Waals surface area contributed by atoms with Crippen molar-refractivity contribution in [3.63, 3.8) is 0 Å². The molecule has 2 aromatic heterocycles. The Morgan fingerprint density at radius 1 is 0.667 bits per heavy atom. The average Bonchev–Trinajstić information content (AvgIpc) is 2.69. The first-order valence-electron chi connectivity index (χ1n) is 8.55. The monoisotopic (exact) mass is 409 g/mol. The lowest BCUT2D eigenvalue weighted by Gasteiger charge is -2.02. The van der Waals surface area contributed by atoms with Crippen molar-refractivity contribution in [1.82, 2.24) is 0 Å². The molecule has 2 heterocycles. The zero-order valence-electron chi connectivity index (χ0n) is 14.7. The Bertz CT molecular complexity index is 1030. The number of nitrogens with zero attached hydrogens (tertiary/aromatic N) is 1. The Morgan fingerprint density at radius 2 is 1.19 bits per heavy atom. The van der Waals surface area contributed by atoms with Crippen LogP contribution in [0.25, 0.3) is 32.1 Å². The number of hydrogen-bond acceptors (Lipinski definition) is 0. The maximum Gasteiger partial charge on any atom is 0.239 e. The predicted molar refractivity (Wildman–Crippen MR) is 116 cm³/mol. The average molecular weight is 410 g/mol. The van der Waals surface area contributed by atoms with Gasteiger partial charge in [0, 0.05) is 45.4 Å². The van der Waals surface area contributed by atoms with Crippen LogP contribution < -0.4 is 4.57 Å². The highest BCUT2D eigenvalue weighted by molar-refractivity contribution is 7.18. The number of hydrogen-bond donors (Lipinski definition) is 0. The Hall–Kier alpha value is -2.26. The highest BCUT2D eigenvalue weighted by Crippen LogP contribution is 2.37. The summed E-state index contributed by atoms with van der Waals surface area (Å²) in [5.74, 6) is 0. The summed E-state index contributed by atoms with van der Waals surface area (Å²) in [7, 11) is 2.07. The van der Waals surface area contributed by atoms with Gasteiger partial charge in [0.25, 0.3) is 0 Å². The second-order valence-electron chi connectivity index (χ2n) is 6.29. The summed E-state index contributed by atoms with van der Waals surface area (Å²) in [6.45, 7) is 0. The largest absolute Gasteiger partial charge is 0.239 e. The third-order valence-electron chi connectivity index (χ3n) is 4.40. The van der Waals surface area contributed by atoms with E-state index in [1.165, 1.54) is 15.3 Å². The number of rotatable bonds is 3. The van der Waals surface area contributed by atoms with Crippen molar-refractivity contribution in [1.29, 1.82) is 0 Å². The summed E-state index contributed by atoms with van der Waals surface area (Å²) in [5.41, 5.74) is 4.64. The van der Waals surface area contributed by atoms with Gasteiger partial charge in [-0.15, -0.1) is 0 Å². The second kappa shape index (κ2) is 7.77. The molecule has 4 heteroatoms. The predicted octanol–water partition coefficient (Wildman–Crippen LogP) is 7.16. The van der Waals surface area contributed by atoms with Crippen LogP contribution in [0.4, 0.5) is 0 Å². The fourth-order valence-corrected chi connectivity index (χ4v) is 4.35. The van der Waals surface area contributed by atoms with Gasteiger partial charge in [0.1, 0.15) is 7.05 Å². The summed E-state index contributed by atoms with van der Waals surface area (Å²) >= 11 is 13.9. The number of halogens is 2. The van der Waals surface area contributed by atoms with E-state index < -0.39 is 0 Å². The quantitative estimate of drug-likeness (QED) is 0.249. The number of aromatic nitrogens is 1. The molecule has 0 aliphatic carbocycles. The molecular weight excluding hydrogens is 393 g/mol. The van der Waals surface area contributed by atoms with Crippen molar-refractivity contribution in [3.05, 3.63) is 95.1 Å². The van der Waals surface area contributed by atoms with Gasteiger partial charge >= 0.3 is 0 Å². The van der Waals surface area contributed by atoms with E-state index >= 15 is 0 Å². The Balaban J connectivity index is 1.92. The molecule has 0 bridgehead atoms. The molecule has 0 unspecified atom stereocenters. The van der Waals surface area contributed by atoms with Gasteiger partial charge in [0.2, 0.25) is 26.8 Å². The Labute approximate surface area is 173 Å². The lowest BCUT2D eigenvalue weighted by Crippen LogP contribution is -2.29. The van der Waals surface area contributed by atoms with Gasteiger partial charge in [0.05, 0.1) is 5.56 Å². The van der Waals surface area contributed by atoms with Crippen molar-refractivity contribution in [3.8, 4) is 32.1 Å². The maximum atomic E-state index is 6.08. The third-order valence-corrected chi connectivity index (χ3v) is 6.05. The van der Waals surface area contributed by atoms with E-state index in [9.17, 15) is 0 Å². The first kappa shape index (κ1) is 18.1. The molecule has 0 atom stereocenters. The van der Waals surface area contributed by atoms with Crippen molar-refractivity contribution in [2.75, 3.05) is 0 Å². The minimum atomic E-state index is 0.743. The Morgan fingerprint density at radius 3 is 1.67 bits per heavy atom. The minimum absolute atomic E-state index is 0.743. The van der Waals surface area contributed by atoms with Gasteiger partial charge in [0.15, 0.2) is 6.20 Å². The molecule has 0 saturated heterocycles. The SMILES string of the molecule is C[n+]1ccccc1-c1cc(-c2ccc(Cl)cc2)[s+]c(-c2ccc(Cl)cc2)c1. The molecular formula is C23H17Cl2NS+2. The summed E-state index contributed by atoms with van der Waals surface area (Å²) in [4.78, 5) is 2.39. The van der Waals surface area contributed by atoms with Crippen LogP contribution in [0.2, 0.25) is 10.0 Å². The molecule has 27 heavy (non-hydrogen) atoms. The molecule has 1 nitrogen and oxygen atoms in total. The Kier molecular flexibility index (Phi) is 5.22. The molecule has 0 aliphatic rings. The molecule has 0 amide bonds. The van der Waals surface area contributed by atoms with E-state index in [1.807, 2.05) is 30.3 Å². The van der Waals surface area contributed by atoms with Gasteiger partial charge in [-0.1, -0.05) is 23.2 Å². The van der Waals surface area contributed by atoms with Crippen molar-refractivity contribution < 1.29 is 4.57 Å². The van der Waals surface area contributed by atoms with Crippen LogP contribution in [0.1, 0.15) is 0 Å². The fraction of sp³-hybridized carbons (Fsp3) is 0.0435. The van der Waals surface area contributed by atoms with Crippen LogP contribution in [0, 0.1) is 0 Å². The molecule has 0 spiro atoms. The normalized spacial score (nSPS) is 10.8. The van der Waals surface area contributed by atoms with Gasteiger partial charge in [-0.05, 0) is 54.6 Å². The zero-order chi connectivity index (χ0) is 18.8. The zero-order valence-corrected chi connectivity index (χ0v) is 17.0. The standard InChI is InChI=1S/C23H17Cl2NS/c1-26-13-3-2-4-21(26)18-14-22(16-5-9-19(24)10-6-16)27-23(15-18)17-7-11-20(25)12-8-17/h2-15H,1H3/q+2. The third kappa shape index (κ3) is 4.03. The molecule has 4 rings (SSSR count). The van der Waals surface area contributed by atoms with Crippen molar-refractivity contribution in [2.24, 2.45) is 7.05 Å². The molecule has 0 fully saturated rings. The highest BCUT2D eigenvalue weighted by Gasteiger charge is 2.22. The second-order valence-corrected chi connectivity index (χ2v) is 8.24. The number of aryl methyl sites for hydroxylation is 1. The molecule has 0 radical (unpaired) electrons. The van der Waals surface area contributed by atoms with E-state index in [2.05, 4.69) is 66.3 Å². The van der Waals surface area contributed by atoms with Gasteiger partial charge in [-0.25, -0.2) is 4.57 Å². The first-order chi connectivity index (χ1) is 13.1. The number of pyridine rings is 1. The van der Waals surface area contributed by atoms with Crippen LogP contribution in [-0.4, -0.2) is 0 Å². The van der Waals surface area contributed by atoms with Crippen LogP contribution in [0.3, 0.4) is 0 Å². The first-order valence-corrected chi connectivity index (χ1v) is 10.1. The van der Waals surface area contributed by atoms with Gasteiger partial charge in [-0.3, -0.25) is 0 Å². The summed E-state index contributed by atoms with van der Waals surface area (Å²) < 4.78 is 2.14. The maximum absolute atomic E-state index is 6.08. The highest BCUT2D eigenvalue weighted by atomic mass is 35.5. The van der Waals surface area contributed by atoms with Crippen LogP contribution in [0.15, 0.2) is 85.1 Å². The van der Waals surface area contributed by atoms with Gasteiger partial charge in [-0.2, -0.15) is 0 Å². The topological polar surface area (TPSA) is 3.88 Å². The van der Waals surface area contributed by atoms with E-state index in [-0.39, 0.29) is 0 Å². The lowest BCUT2D eigenvalue weighted by molar-refractivity contribution is -0.660. The molecule has 2 aromatic carbocycles. The van der Waals surface area contributed by atoms with E-state index in [0.29, 0.717) is 0 Å². The van der Waals surface area contributed by atoms with E-state index in [1.54, 1.807) is 11.3 Å². The van der Waals surface area contributed by atoms with Crippen LogP contribution >= 0.6 is 34.5 Å². The molecule has 0 aliphatic heterocycles. The van der Waals surface area contributed by atoms with Crippen LogP contribution in [0.5, 0.6) is 0 Å². The molecule has 132 valence electrons. The smallest absolute Gasteiger partial charge is 0.201 e. The summed E-state index contributed by atoms with van der Waals surface area (Å²) in [6, 6.07) is 26.7. The number of benzene rings is 2. The summed E-state index contributed by atoms with van der Waals surface area (Å²) in [6.07, 6.45) is 2.07.